The van der Waals surface area contributed by atoms with Crippen molar-refractivity contribution in [3.63, 3.8) is 0 Å². The first-order valence-corrected chi connectivity index (χ1v) is 10.2. The van der Waals surface area contributed by atoms with E-state index in [9.17, 15) is 9.90 Å². The molecule has 1 amide bonds. The molecule has 0 unspecified atom stereocenters. The Morgan fingerprint density at radius 2 is 1.76 bits per heavy atom. The Morgan fingerprint density at radius 1 is 1.06 bits per heavy atom. The molecule has 164 valence electrons. The third-order valence-electron chi connectivity index (χ3n) is 4.37. The van der Waals surface area contributed by atoms with Crippen molar-refractivity contribution in [3.05, 3.63) is 100 Å². The maximum absolute atomic E-state index is 12.7. The fourth-order valence-corrected chi connectivity index (χ4v) is 3.10. The summed E-state index contributed by atoms with van der Waals surface area (Å²) in [4.78, 5) is 29.3. The predicted octanol–water partition coefficient (Wildman–Crippen LogP) is 4.81. The van der Waals surface area contributed by atoms with Crippen LogP contribution in [0, 0.1) is 6.92 Å². The lowest BCUT2D eigenvalue weighted by molar-refractivity contribution is 0.0973. The van der Waals surface area contributed by atoms with Crippen LogP contribution in [0.15, 0.2) is 76.1 Å². The zero-order valence-corrected chi connectivity index (χ0v) is 18.2. The van der Waals surface area contributed by atoms with Crippen LogP contribution in [0.5, 0.6) is 5.95 Å². The van der Waals surface area contributed by atoms with E-state index in [1.807, 2.05) is 36.4 Å². The molecule has 0 saturated heterocycles. The number of aromatic nitrogens is 3. The standard InChI is InChI=1S/C24H18ClN5O3/c1-15-12-20(25)30-24(27-15)26-14-19-23(32)33-22(29-19)18(13-16-8-4-2-5-9-16)28-21(31)17-10-6-3-7-11-17/h2-14,32H,1H3,(H,28,31)/b18-13-,26-14+. The van der Waals surface area contributed by atoms with Crippen molar-refractivity contribution in [3.8, 4) is 5.95 Å². The lowest BCUT2D eigenvalue weighted by Crippen LogP contribution is -2.22. The van der Waals surface area contributed by atoms with Gasteiger partial charge in [0, 0.05) is 11.3 Å². The van der Waals surface area contributed by atoms with Gasteiger partial charge in [0.25, 0.3) is 11.9 Å². The lowest BCUT2D eigenvalue weighted by Gasteiger charge is -2.07. The van der Waals surface area contributed by atoms with Gasteiger partial charge in [0.05, 0.1) is 6.21 Å². The SMILES string of the molecule is Cc1cc(Cl)nc(/N=C/c2nc(/C(=C/c3ccccc3)NC(=O)c3ccccc3)oc2O)n1. The fraction of sp³-hybridized carbons (Fsp3) is 0.0417. The van der Waals surface area contributed by atoms with E-state index in [1.165, 1.54) is 6.21 Å². The first kappa shape index (κ1) is 21.9. The number of aliphatic imine (C=N–C) groups is 1. The van der Waals surface area contributed by atoms with Crippen LogP contribution in [0.2, 0.25) is 5.15 Å². The smallest absolute Gasteiger partial charge is 0.312 e. The third-order valence-corrected chi connectivity index (χ3v) is 4.57. The van der Waals surface area contributed by atoms with Crippen molar-refractivity contribution in [2.45, 2.75) is 6.92 Å². The van der Waals surface area contributed by atoms with Gasteiger partial charge in [-0.15, -0.1) is 0 Å². The van der Waals surface area contributed by atoms with Gasteiger partial charge in [-0.3, -0.25) is 4.79 Å². The number of nitrogens with one attached hydrogen (secondary N) is 1. The maximum Gasteiger partial charge on any atom is 0.312 e. The van der Waals surface area contributed by atoms with Crippen LogP contribution in [0.3, 0.4) is 0 Å². The Morgan fingerprint density at radius 3 is 2.45 bits per heavy atom. The zero-order chi connectivity index (χ0) is 23.2. The Kier molecular flexibility index (Phi) is 6.56. The highest BCUT2D eigenvalue weighted by atomic mass is 35.5. The van der Waals surface area contributed by atoms with Crippen molar-refractivity contribution in [1.82, 2.24) is 20.3 Å². The molecule has 33 heavy (non-hydrogen) atoms. The number of halogens is 1. The number of benzene rings is 2. The van der Waals surface area contributed by atoms with E-state index >= 15 is 0 Å². The van der Waals surface area contributed by atoms with Gasteiger partial charge in [0.2, 0.25) is 5.89 Å². The molecule has 2 aromatic carbocycles. The number of hydrogen-bond donors (Lipinski definition) is 2. The summed E-state index contributed by atoms with van der Waals surface area (Å²) in [6, 6.07) is 19.6. The molecular weight excluding hydrogens is 442 g/mol. The van der Waals surface area contributed by atoms with Gasteiger partial charge >= 0.3 is 5.95 Å². The highest BCUT2D eigenvalue weighted by Gasteiger charge is 2.18. The number of rotatable bonds is 6. The number of carbonyl (C=O) groups excluding carboxylic acids is 1. The van der Waals surface area contributed by atoms with Crippen LogP contribution < -0.4 is 5.32 Å². The molecule has 0 fully saturated rings. The summed E-state index contributed by atoms with van der Waals surface area (Å²) in [6.07, 6.45) is 2.95. The van der Waals surface area contributed by atoms with Gasteiger partial charge < -0.3 is 14.8 Å². The number of hydrogen-bond acceptors (Lipinski definition) is 7. The molecule has 0 aliphatic carbocycles. The number of nitrogens with zero attached hydrogens (tertiary/aromatic N) is 4. The number of aryl methyl sites for hydroxylation is 1. The van der Waals surface area contributed by atoms with E-state index in [-0.39, 0.29) is 34.3 Å². The number of oxazole rings is 1. The molecule has 4 aromatic rings. The second-order valence-corrected chi connectivity index (χ2v) is 7.28. The second kappa shape index (κ2) is 9.88. The van der Waals surface area contributed by atoms with Gasteiger partial charge in [-0.25, -0.2) is 15.0 Å². The molecule has 0 radical (unpaired) electrons. The molecule has 0 saturated carbocycles. The lowest BCUT2D eigenvalue weighted by atomic mass is 10.1. The topological polar surface area (TPSA) is 114 Å². The molecular formula is C24H18ClN5O3. The van der Waals surface area contributed by atoms with Gasteiger partial charge in [0.15, 0.2) is 5.69 Å². The highest BCUT2D eigenvalue weighted by molar-refractivity contribution is 6.29. The Balaban J connectivity index is 1.66. The summed E-state index contributed by atoms with van der Waals surface area (Å²) < 4.78 is 5.42. The number of aromatic hydroxyl groups is 1. The fourth-order valence-electron chi connectivity index (χ4n) is 2.87. The Labute approximate surface area is 194 Å². The minimum atomic E-state index is -0.472. The maximum atomic E-state index is 12.7. The summed E-state index contributed by atoms with van der Waals surface area (Å²) in [5, 5.41) is 13.3. The molecule has 0 aliphatic rings. The molecule has 9 heteroatoms. The molecule has 0 spiro atoms. The minimum absolute atomic E-state index is 0.00489. The number of carbonyl (C=O) groups is 1. The van der Waals surface area contributed by atoms with Crippen LogP contribution >= 0.6 is 11.6 Å². The van der Waals surface area contributed by atoms with Crippen molar-refractivity contribution < 1.29 is 14.3 Å². The average molecular weight is 460 g/mol. The molecule has 0 aliphatic heterocycles. The van der Waals surface area contributed by atoms with E-state index in [0.29, 0.717) is 11.3 Å². The van der Waals surface area contributed by atoms with Gasteiger partial charge in [-0.1, -0.05) is 60.1 Å². The first-order valence-electron chi connectivity index (χ1n) is 9.86. The number of amides is 1. The third kappa shape index (κ3) is 5.69. The summed E-state index contributed by atoms with van der Waals surface area (Å²) >= 11 is 5.93. The van der Waals surface area contributed by atoms with Crippen molar-refractivity contribution in [2.24, 2.45) is 4.99 Å². The molecule has 2 N–H and O–H groups in total. The van der Waals surface area contributed by atoms with Gasteiger partial charge in [0.1, 0.15) is 10.9 Å². The molecule has 8 nitrogen and oxygen atoms in total. The van der Waals surface area contributed by atoms with Crippen molar-refractivity contribution in [1.29, 1.82) is 0 Å². The first-order chi connectivity index (χ1) is 16.0. The molecule has 0 bridgehead atoms. The van der Waals surface area contributed by atoms with E-state index < -0.39 is 5.95 Å². The van der Waals surface area contributed by atoms with Crippen LogP contribution in [0.4, 0.5) is 5.95 Å². The Bertz CT molecular complexity index is 1310. The normalized spacial score (nSPS) is 11.6. The van der Waals surface area contributed by atoms with E-state index in [1.54, 1.807) is 43.3 Å². The molecule has 0 atom stereocenters. The highest BCUT2D eigenvalue weighted by Crippen LogP contribution is 2.24. The molecule has 4 rings (SSSR count). The van der Waals surface area contributed by atoms with Crippen molar-refractivity contribution >= 4 is 41.4 Å². The van der Waals surface area contributed by atoms with E-state index in [0.717, 1.165) is 5.56 Å². The molecule has 2 heterocycles. The minimum Gasteiger partial charge on any atom is -0.479 e. The second-order valence-electron chi connectivity index (χ2n) is 6.89. The largest absolute Gasteiger partial charge is 0.479 e. The van der Waals surface area contributed by atoms with E-state index in [4.69, 9.17) is 16.0 Å². The van der Waals surface area contributed by atoms with Crippen LogP contribution in [-0.4, -0.2) is 32.2 Å². The van der Waals surface area contributed by atoms with Crippen LogP contribution in [0.1, 0.15) is 33.2 Å². The van der Waals surface area contributed by atoms with Gasteiger partial charge in [-0.2, -0.15) is 4.98 Å². The van der Waals surface area contributed by atoms with Crippen LogP contribution in [0.25, 0.3) is 11.8 Å². The van der Waals surface area contributed by atoms with E-state index in [2.05, 4.69) is 25.3 Å². The zero-order valence-electron chi connectivity index (χ0n) is 17.4. The van der Waals surface area contributed by atoms with Crippen molar-refractivity contribution in [2.75, 3.05) is 0 Å². The summed E-state index contributed by atoms with van der Waals surface area (Å²) in [5.41, 5.74) is 2.21. The quantitative estimate of drug-likeness (QED) is 0.316. The molecule has 2 aromatic heterocycles. The average Bonchev–Trinajstić information content (AvgIpc) is 3.18. The van der Waals surface area contributed by atoms with Crippen LogP contribution in [-0.2, 0) is 0 Å². The monoisotopic (exact) mass is 459 g/mol. The summed E-state index contributed by atoms with van der Waals surface area (Å²) in [7, 11) is 0. The Hall–Kier alpha value is -4.30. The summed E-state index contributed by atoms with van der Waals surface area (Å²) in [6.45, 7) is 1.76. The summed E-state index contributed by atoms with van der Waals surface area (Å²) in [5.74, 6) is -0.708. The predicted molar refractivity (Wildman–Crippen MR) is 125 cm³/mol. The van der Waals surface area contributed by atoms with Gasteiger partial charge in [-0.05, 0) is 36.8 Å².